The molecule has 2 atom stereocenters. The molecule has 9 rings (SSSR count). The number of benzene rings is 4. The largest absolute Gasteiger partial charge is 0.451 e. The third kappa shape index (κ3) is 6.63. The Kier molecular flexibility index (Phi) is 8.69. The van der Waals surface area contributed by atoms with Gasteiger partial charge in [-0.25, -0.2) is 4.98 Å². The summed E-state index contributed by atoms with van der Waals surface area (Å²) in [6.07, 6.45) is 4.20. The van der Waals surface area contributed by atoms with Gasteiger partial charge < -0.3 is 33.7 Å². The van der Waals surface area contributed by atoms with Crippen LogP contribution >= 0.6 is 0 Å². The highest BCUT2D eigenvalue weighted by Crippen LogP contribution is 2.30. The second-order valence-corrected chi connectivity index (χ2v) is 13.8. The Hall–Kier alpha value is -6.95. The third-order valence-corrected chi connectivity index (χ3v) is 10.2. The first-order valence-electron chi connectivity index (χ1n) is 18.3. The molecule has 0 radical (unpaired) electrons. The fourth-order valence-corrected chi connectivity index (χ4v) is 7.43. The van der Waals surface area contributed by atoms with Crippen molar-refractivity contribution in [1.29, 1.82) is 0 Å². The van der Waals surface area contributed by atoms with Gasteiger partial charge in [-0.1, -0.05) is 36.4 Å². The van der Waals surface area contributed by atoms with Crippen LogP contribution in [0.1, 0.15) is 46.8 Å². The number of carbonyl (C=O) groups is 4. The van der Waals surface area contributed by atoms with E-state index in [0.717, 1.165) is 29.2 Å². The van der Waals surface area contributed by atoms with E-state index in [0.29, 0.717) is 65.7 Å². The maximum Gasteiger partial charge on any atom is 0.290 e. The number of likely N-dealkylation sites (tertiary alicyclic amines) is 2. The number of para-hydroxylation sites is 2. The van der Waals surface area contributed by atoms with Crippen molar-refractivity contribution in [3.63, 3.8) is 0 Å². The number of nitrogens with one attached hydrogen (secondary N) is 2. The van der Waals surface area contributed by atoms with Crippen molar-refractivity contribution in [2.45, 2.75) is 37.8 Å². The summed E-state index contributed by atoms with van der Waals surface area (Å²) in [5.74, 6) is 0.275. The molecule has 2 unspecified atom stereocenters. The van der Waals surface area contributed by atoms with E-state index in [1.807, 2.05) is 60.7 Å². The predicted molar refractivity (Wildman–Crippen MR) is 205 cm³/mol. The van der Waals surface area contributed by atoms with Gasteiger partial charge in [0, 0.05) is 46.4 Å². The predicted octanol–water partition coefficient (Wildman–Crippen LogP) is 7.99. The van der Waals surface area contributed by atoms with Gasteiger partial charge in [0.15, 0.2) is 17.3 Å². The fraction of sp³-hybridized carbons (Fsp3) is 0.186. The number of anilines is 2. The number of hydrogen-bond donors (Lipinski definition) is 2. The minimum atomic E-state index is -0.607. The van der Waals surface area contributed by atoms with Crippen LogP contribution in [0.5, 0.6) is 0 Å². The molecule has 0 spiro atoms. The molecule has 2 aliphatic heterocycles. The van der Waals surface area contributed by atoms with Crippen molar-refractivity contribution in [2.24, 2.45) is 0 Å². The van der Waals surface area contributed by atoms with Crippen LogP contribution in [0.4, 0.5) is 11.4 Å². The van der Waals surface area contributed by atoms with Crippen LogP contribution in [0.2, 0.25) is 0 Å². The smallest absolute Gasteiger partial charge is 0.290 e. The quantitative estimate of drug-likeness (QED) is 0.160. The minimum Gasteiger partial charge on any atom is -0.451 e. The molecule has 12 nitrogen and oxygen atoms in total. The van der Waals surface area contributed by atoms with Crippen molar-refractivity contribution in [2.75, 3.05) is 23.7 Å². The summed E-state index contributed by atoms with van der Waals surface area (Å²) in [6.45, 7) is 0.952. The first-order chi connectivity index (χ1) is 26.9. The van der Waals surface area contributed by atoms with Crippen molar-refractivity contribution in [1.82, 2.24) is 14.8 Å². The molecule has 55 heavy (non-hydrogen) atoms. The lowest BCUT2D eigenvalue weighted by Crippen LogP contribution is -2.43. The van der Waals surface area contributed by atoms with Gasteiger partial charge in [-0.3, -0.25) is 19.2 Å². The fourth-order valence-electron chi connectivity index (χ4n) is 7.43. The number of aromatic nitrogens is 1. The first-order valence-corrected chi connectivity index (χ1v) is 18.3. The number of rotatable bonds is 8. The second-order valence-electron chi connectivity index (χ2n) is 13.8. The zero-order valence-corrected chi connectivity index (χ0v) is 29.6. The number of furan rings is 2. The lowest BCUT2D eigenvalue weighted by molar-refractivity contribution is -0.120. The summed E-state index contributed by atoms with van der Waals surface area (Å²) in [4.78, 5) is 60.8. The molecule has 2 N–H and O–H groups in total. The van der Waals surface area contributed by atoms with Crippen molar-refractivity contribution in [3.8, 4) is 22.8 Å². The van der Waals surface area contributed by atoms with Crippen LogP contribution in [0, 0.1) is 0 Å². The molecule has 0 saturated carbocycles. The van der Waals surface area contributed by atoms with Gasteiger partial charge >= 0.3 is 0 Å². The van der Waals surface area contributed by atoms with Gasteiger partial charge in [-0.2, -0.15) is 0 Å². The van der Waals surface area contributed by atoms with E-state index in [9.17, 15) is 19.2 Å². The zero-order chi connectivity index (χ0) is 37.5. The Balaban J connectivity index is 0.808. The number of nitrogens with zero attached hydrogens (tertiary/aromatic N) is 3. The Morgan fingerprint density at radius 2 is 1.05 bits per heavy atom. The summed E-state index contributed by atoms with van der Waals surface area (Å²) >= 11 is 0. The van der Waals surface area contributed by atoms with Gasteiger partial charge in [0.2, 0.25) is 17.7 Å². The maximum absolute atomic E-state index is 13.3. The number of amides is 4. The molecule has 0 aliphatic carbocycles. The molecule has 4 amide bonds. The second kappa shape index (κ2) is 14.1. The van der Waals surface area contributed by atoms with Crippen LogP contribution in [-0.4, -0.2) is 63.6 Å². The number of hydrogen-bond acceptors (Lipinski definition) is 8. The number of carbonyl (C=O) groups excluding carboxylic acids is 4. The lowest BCUT2D eigenvalue weighted by atomic mass is 10.1. The van der Waals surface area contributed by atoms with E-state index in [4.69, 9.17) is 13.3 Å². The van der Waals surface area contributed by atoms with Crippen LogP contribution < -0.4 is 10.6 Å². The zero-order valence-electron chi connectivity index (χ0n) is 29.6. The summed E-state index contributed by atoms with van der Waals surface area (Å²) in [5.41, 5.74) is 3.92. The Bertz CT molecular complexity index is 2330. The van der Waals surface area contributed by atoms with Crippen LogP contribution in [0.3, 0.4) is 0 Å². The first kappa shape index (κ1) is 33.9. The molecule has 2 saturated heterocycles. The Labute approximate surface area is 314 Å². The average molecular weight is 734 g/mol. The molecule has 7 aromatic rings. The lowest BCUT2D eigenvalue weighted by Gasteiger charge is -2.23. The van der Waals surface area contributed by atoms with Crippen LogP contribution in [-0.2, 0) is 9.59 Å². The molecule has 4 aromatic carbocycles. The van der Waals surface area contributed by atoms with Gasteiger partial charge in [0.1, 0.15) is 23.2 Å². The SMILES string of the molecule is O=C(Nc1ccc(-c2cnc(-c3ccc(NC(=O)C4CCCN4C(=O)c4cc5ccccc5o4)cc3)o2)cc1)C1CCCN1C(=O)c1cc2ccccc2o1. The number of fused-ring (bicyclic) bond motifs is 2. The van der Waals surface area contributed by atoms with Gasteiger partial charge in [-0.05, 0) is 98.5 Å². The van der Waals surface area contributed by atoms with Gasteiger partial charge in [0.05, 0.1) is 6.20 Å². The normalized spacial score (nSPS) is 16.9. The minimum absolute atomic E-state index is 0.222. The van der Waals surface area contributed by atoms with E-state index < -0.39 is 12.1 Å². The third-order valence-electron chi connectivity index (χ3n) is 10.2. The Morgan fingerprint density at radius 1 is 0.582 bits per heavy atom. The highest BCUT2D eigenvalue weighted by molar-refractivity contribution is 6.03. The molecular weight excluding hydrogens is 699 g/mol. The monoisotopic (exact) mass is 733 g/mol. The molecule has 274 valence electrons. The van der Waals surface area contributed by atoms with Crippen molar-refractivity contribution < 1.29 is 32.4 Å². The summed E-state index contributed by atoms with van der Waals surface area (Å²) in [7, 11) is 0. The van der Waals surface area contributed by atoms with E-state index in [2.05, 4.69) is 15.6 Å². The van der Waals surface area contributed by atoms with E-state index in [1.54, 1.807) is 64.5 Å². The van der Waals surface area contributed by atoms with Crippen LogP contribution in [0.25, 0.3) is 44.7 Å². The summed E-state index contributed by atoms with van der Waals surface area (Å²) < 4.78 is 17.6. The number of oxazole rings is 1. The van der Waals surface area contributed by atoms with Crippen LogP contribution in [0.15, 0.2) is 129 Å². The molecule has 12 heteroatoms. The topological polar surface area (TPSA) is 151 Å². The highest BCUT2D eigenvalue weighted by atomic mass is 16.4. The maximum atomic E-state index is 13.3. The van der Waals surface area contributed by atoms with Crippen molar-refractivity contribution >= 4 is 56.9 Å². The van der Waals surface area contributed by atoms with Gasteiger partial charge in [-0.15, -0.1) is 0 Å². The molecule has 5 heterocycles. The Morgan fingerprint density at radius 3 is 1.55 bits per heavy atom. The van der Waals surface area contributed by atoms with E-state index in [1.165, 1.54) is 0 Å². The van der Waals surface area contributed by atoms with E-state index >= 15 is 0 Å². The van der Waals surface area contributed by atoms with Gasteiger partial charge in [0.25, 0.3) is 11.8 Å². The standard InChI is InChI=1S/C43H35N5O7/c49-39(32-9-5-21-47(32)42(51)36-23-28-7-1-3-11-34(28)53-36)45-30-17-13-26(14-18-30)38-25-44-41(55-38)27-15-19-31(20-16-27)46-40(50)33-10-6-22-48(33)43(52)37-24-29-8-2-4-12-35(29)54-37/h1-4,7-8,11-20,23-25,32-33H,5-6,9-10,21-22H2,(H,45,49)(H,46,50). The summed E-state index contributed by atoms with van der Waals surface area (Å²) in [5, 5.41) is 7.57. The highest BCUT2D eigenvalue weighted by Gasteiger charge is 2.37. The molecule has 2 aliphatic rings. The molecular formula is C43H35N5O7. The molecule has 2 fully saturated rings. The van der Waals surface area contributed by atoms with E-state index in [-0.39, 0.29) is 35.1 Å². The molecule has 3 aromatic heterocycles. The average Bonchev–Trinajstić information content (AvgIpc) is 4.07. The van der Waals surface area contributed by atoms with Crippen molar-refractivity contribution in [3.05, 3.63) is 127 Å². The molecule has 0 bridgehead atoms. The summed E-state index contributed by atoms with van der Waals surface area (Å²) in [6, 6.07) is 31.5.